The molecule has 220 valence electrons. The summed E-state index contributed by atoms with van der Waals surface area (Å²) < 4.78 is 26.5. The number of aliphatic hydroxyl groups excluding tert-OH is 2. The fraction of sp³-hybridized carbons (Fsp3) is 0.517. The van der Waals surface area contributed by atoms with Crippen molar-refractivity contribution in [3.63, 3.8) is 0 Å². The fourth-order valence-corrected chi connectivity index (χ4v) is 5.87. The Morgan fingerprint density at radius 3 is 2.66 bits per heavy atom. The number of nitrogens with zero attached hydrogens (tertiary/aromatic N) is 3. The maximum absolute atomic E-state index is 13.2. The molecule has 11 nitrogen and oxygen atoms in total. The molecule has 5 atom stereocenters. The molecule has 3 aromatic rings. The van der Waals surface area contributed by atoms with Crippen molar-refractivity contribution >= 4 is 23.2 Å². The lowest BCUT2D eigenvalue weighted by molar-refractivity contribution is -0.158. The van der Waals surface area contributed by atoms with Gasteiger partial charge in [0.05, 0.1) is 18.3 Å². The van der Waals surface area contributed by atoms with Crippen molar-refractivity contribution in [3.8, 4) is 0 Å². The second kappa shape index (κ2) is 12.2. The molecule has 1 amide bonds. The van der Waals surface area contributed by atoms with Gasteiger partial charge in [-0.15, -0.1) is 0 Å². The number of aromatic nitrogens is 3. The highest BCUT2D eigenvalue weighted by Gasteiger charge is 2.55. The number of esters is 1. The van der Waals surface area contributed by atoms with E-state index < -0.39 is 48.4 Å². The highest BCUT2D eigenvalue weighted by atomic mass is 19.1. The van der Waals surface area contributed by atoms with Gasteiger partial charge < -0.3 is 30.7 Å². The molecule has 0 spiro atoms. The topological polar surface area (TPSA) is 161 Å². The summed E-state index contributed by atoms with van der Waals surface area (Å²) >= 11 is 0. The van der Waals surface area contributed by atoms with Crippen molar-refractivity contribution in [1.82, 2.24) is 14.6 Å². The van der Waals surface area contributed by atoms with Gasteiger partial charge in [-0.2, -0.15) is 5.10 Å². The zero-order valence-electron chi connectivity index (χ0n) is 22.9. The van der Waals surface area contributed by atoms with Crippen LogP contribution in [-0.4, -0.2) is 67.6 Å². The Morgan fingerprint density at radius 2 is 1.95 bits per heavy atom. The van der Waals surface area contributed by atoms with Crippen molar-refractivity contribution in [2.45, 2.75) is 81.8 Å². The summed E-state index contributed by atoms with van der Waals surface area (Å²) in [7, 11) is 0. The van der Waals surface area contributed by atoms with E-state index in [2.05, 4.69) is 15.4 Å². The number of carbonyl (C=O) groups excluding carboxylic acids is 2. The van der Waals surface area contributed by atoms with Crippen LogP contribution in [0.4, 0.5) is 10.2 Å². The number of nitrogens with one attached hydrogen (secondary N) is 1. The van der Waals surface area contributed by atoms with E-state index in [1.165, 1.54) is 29.4 Å². The molecular formula is C29H36FN5O6. The molecular weight excluding hydrogens is 533 g/mol. The zero-order valence-corrected chi connectivity index (χ0v) is 22.9. The van der Waals surface area contributed by atoms with Crippen LogP contribution in [0.2, 0.25) is 0 Å². The Hall–Kier alpha value is -3.45. The van der Waals surface area contributed by atoms with Crippen LogP contribution >= 0.6 is 0 Å². The fourth-order valence-electron chi connectivity index (χ4n) is 5.87. The molecule has 12 heteroatoms. The molecule has 1 aliphatic heterocycles. The highest BCUT2D eigenvalue weighted by molar-refractivity contribution is 5.97. The van der Waals surface area contributed by atoms with Crippen LogP contribution in [0.25, 0.3) is 5.52 Å². The number of hydrogen-bond acceptors (Lipinski definition) is 9. The third kappa shape index (κ3) is 6.10. The minimum Gasteiger partial charge on any atom is -0.457 e. The minimum atomic E-state index is -1.40. The van der Waals surface area contributed by atoms with E-state index in [1.807, 2.05) is 0 Å². The van der Waals surface area contributed by atoms with Crippen LogP contribution in [-0.2, 0) is 31.1 Å². The summed E-state index contributed by atoms with van der Waals surface area (Å²) in [5, 5.41) is 28.4. The molecule has 0 unspecified atom stereocenters. The van der Waals surface area contributed by atoms with Crippen LogP contribution < -0.4 is 11.1 Å². The summed E-state index contributed by atoms with van der Waals surface area (Å²) in [6, 6.07) is 8.16. The predicted molar refractivity (Wildman–Crippen MR) is 146 cm³/mol. The molecule has 3 heterocycles. The Labute approximate surface area is 236 Å². The van der Waals surface area contributed by atoms with E-state index in [4.69, 9.17) is 15.2 Å². The average Bonchev–Trinajstić information content (AvgIpc) is 3.51. The quantitative estimate of drug-likeness (QED) is 0.283. The molecule has 2 aromatic heterocycles. The summed E-state index contributed by atoms with van der Waals surface area (Å²) in [6.07, 6.45) is 3.71. The monoisotopic (exact) mass is 569 g/mol. The Bertz CT molecular complexity index is 1380. The number of rotatable bonds is 9. The van der Waals surface area contributed by atoms with Gasteiger partial charge in [0, 0.05) is 6.42 Å². The number of anilines is 1. The summed E-state index contributed by atoms with van der Waals surface area (Å²) in [5.41, 5.74) is 6.23. The van der Waals surface area contributed by atoms with Crippen molar-refractivity contribution in [3.05, 3.63) is 59.8 Å². The van der Waals surface area contributed by atoms with Crippen molar-refractivity contribution in [2.24, 2.45) is 11.7 Å². The van der Waals surface area contributed by atoms with E-state index in [-0.39, 0.29) is 30.4 Å². The lowest BCUT2D eigenvalue weighted by Gasteiger charge is -2.28. The van der Waals surface area contributed by atoms with Gasteiger partial charge in [-0.25, -0.2) is 13.9 Å². The standard InChI is InChI=1S/C29H36FN5O6/c1-29(26(38)25(22(15-36)41-29)40-24(37)14-17-5-3-2-4-6-17)23-12-11-21-27(32-16-33-35(21)23)34-28(39)20(31)13-18-7-9-19(30)10-8-18/h7-12,16-17,20,22,25-26,36,38H,2-6,13-15,31H2,1H3,(H,32,33,34,39)/t20-,22+,25+,26+,29-/m0/s1. The Morgan fingerprint density at radius 1 is 1.22 bits per heavy atom. The van der Waals surface area contributed by atoms with Gasteiger partial charge in [0.2, 0.25) is 5.91 Å². The van der Waals surface area contributed by atoms with Gasteiger partial charge in [-0.3, -0.25) is 9.59 Å². The highest BCUT2D eigenvalue weighted by Crippen LogP contribution is 2.42. The van der Waals surface area contributed by atoms with Crippen LogP contribution in [0.15, 0.2) is 42.7 Å². The first-order valence-electron chi connectivity index (χ1n) is 14.0. The van der Waals surface area contributed by atoms with Crippen LogP contribution in [0.5, 0.6) is 0 Å². The molecule has 1 saturated heterocycles. The third-order valence-corrected chi connectivity index (χ3v) is 8.17. The number of hydrogen-bond donors (Lipinski definition) is 4. The first-order chi connectivity index (χ1) is 19.7. The van der Waals surface area contributed by atoms with Gasteiger partial charge in [-0.1, -0.05) is 31.4 Å². The van der Waals surface area contributed by atoms with E-state index >= 15 is 0 Å². The Balaban J connectivity index is 1.31. The smallest absolute Gasteiger partial charge is 0.306 e. The lowest BCUT2D eigenvalue weighted by Crippen LogP contribution is -2.42. The largest absolute Gasteiger partial charge is 0.457 e. The molecule has 1 saturated carbocycles. The van der Waals surface area contributed by atoms with Gasteiger partial charge in [-0.05, 0) is 61.9 Å². The second-order valence-corrected chi connectivity index (χ2v) is 11.1. The van der Waals surface area contributed by atoms with Crippen LogP contribution in [0, 0.1) is 11.7 Å². The first kappa shape index (κ1) is 29.1. The minimum absolute atomic E-state index is 0.191. The van der Waals surface area contributed by atoms with Crippen molar-refractivity contribution in [2.75, 3.05) is 11.9 Å². The summed E-state index contributed by atoms with van der Waals surface area (Å²) in [5.74, 6) is -0.837. The van der Waals surface area contributed by atoms with Crippen molar-refractivity contribution in [1.29, 1.82) is 0 Å². The first-order valence-corrected chi connectivity index (χ1v) is 14.0. The number of halogens is 1. The number of ether oxygens (including phenoxy) is 2. The van der Waals surface area contributed by atoms with Gasteiger partial charge in [0.15, 0.2) is 11.9 Å². The number of nitrogens with two attached hydrogens (primary N) is 1. The predicted octanol–water partition coefficient (Wildman–Crippen LogP) is 2.23. The van der Waals surface area contributed by atoms with Crippen molar-refractivity contribution < 1.29 is 33.7 Å². The number of fused-ring (bicyclic) bond motifs is 1. The molecule has 2 aliphatic rings. The van der Waals surface area contributed by atoms with Crippen LogP contribution in [0.1, 0.15) is 56.7 Å². The SMILES string of the molecule is C[C@@]1(c2ccc3c(NC(=O)[C@@H](N)Cc4ccc(F)cc4)ncnn23)O[C@H](CO)[C@@H](OC(=O)CC2CCCCC2)[C@H]1O. The maximum atomic E-state index is 13.2. The number of amides is 1. The lowest BCUT2D eigenvalue weighted by atomic mass is 9.87. The van der Waals surface area contributed by atoms with Gasteiger partial charge >= 0.3 is 5.97 Å². The molecule has 5 rings (SSSR count). The van der Waals surface area contributed by atoms with E-state index in [9.17, 15) is 24.2 Å². The van der Waals surface area contributed by atoms with Gasteiger partial charge in [0.25, 0.3) is 0 Å². The van der Waals surface area contributed by atoms with Crippen LogP contribution in [0.3, 0.4) is 0 Å². The zero-order chi connectivity index (χ0) is 29.1. The van der Waals surface area contributed by atoms with Gasteiger partial charge in [0.1, 0.15) is 35.5 Å². The molecule has 5 N–H and O–H groups in total. The summed E-state index contributed by atoms with van der Waals surface area (Å²) in [6.45, 7) is 1.18. The summed E-state index contributed by atoms with van der Waals surface area (Å²) in [4.78, 5) is 29.8. The molecule has 1 aromatic carbocycles. The normalized spacial score (nSPS) is 25.7. The third-order valence-electron chi connectivity index (χ3n) is 8.17. The molecule has 41 heavy (non-hydrogen) atoms. The maximum Gasteiger partial charge on any atom is 0.306 e. The molecule has 2 fully saturated rings. The second-order valence-electron chi connectivity index (χ2n) is 11.1. The molecule has 1 aliphatic carbocycles. The molecule has 0 radical (unpaired) electrons. The Kier molecular flexibility index (Phi) is 8.64. The van der Waals surface area contributed by atoms with E-state index in [1.54, 1.807) is 31.2 Å². The number of benzene rings is 1. The average molecular weight is 570 g/mol. The van der Waals surface area contributed by atoms with E-state index in [0.29, 0.717) is 16.8 Å². The number of aliphatic hydroxyl groups is 2. The van der Waals surface area contributed by atoms with E-state index in [0.717, 1.165) is 25.7 Å². The molecule has 0 bridgehead atoms. The number of carbonyl (C=O) groups is 2.